The van der Waals surface area contributed by atoms with Crippen molar-refractivity contribution in [2.45, 2.75) is 32.4 Å². The summed E-state index contributed by atoms with van der Waals surface area (Å²) < 4.78 is 5.52. The van der Waals surface area contributed by atoms with E-state index in [9.17, 15) is 0 Å². The lowest BCUT2D eigenvalue weighted by molar-refractivity contribution is 0.572. The van der Waals surface area contributed by atoms with Crippen LogP contribution in [0.25, 0.3) is 11.5 Å². The van der Waals surface area contributed by atoms with Gasteiger partial charge in [0.2, 0.25) is 5.89 Å². The van der Waals surface area contributed by atoms with Crippen LogP contribution in [0.1, 0.15) is 25.5 Å². The number of rotatable bonds is 5. The topological polar surface area (TPSA) is 62.5 Å². The van der Waals surface area contributed by atoms with Crippen LogP contribution in [-0.2, 0) is 6.54 Å². The van der Waals surface area contributed by atoms with E-state index in [1.807, 2.05) is 30.3 Å². The molecule has 0 unspecified atom stereocenters. The van der Waals surface area contributed by atoms with E-state index in [1.165, 1.54) is 12.8 Å². The van der Waals surface area contributed by atoms with Crippen LogP contribution in [-0.4, -0.2) is 23.5 Å². The predicted octanol–water partition coefficient (Wildman–Crippen LogP) is 3.18. The van der Waals surface area contributed by atoms with Crippen molar-refractivity contribution in [1.29, 1.82) is 0 Å². The molecule has 1 aliphatic carbocycles. The van der Waals surface area contributed by atoms with Gasteiger partial charge in [-0.2, -0.15) is 0 Å². The second-order valence-electron chi connectivity index (χ2n) is 5.12. The molecule has 118 valence electrons. The van der Waals surface area contributed by atoms with E-state index in [4.69, 9.17) is 4.42 Å². The van der Waals surface area contributed by atoms with Gasteiger partial charge in [0.25, 0.3) is 0 Å². The number of halogens is 1. The molecule has 2 aromatic rings. The Morgan fingerprint density at radius 1 is 1.32 bits per heavy atom. The highest BCUT2D eigenvalue weighted by Crippen LogP contribution is 2.19. The summed E-state index contributed by atoms with van der Waals surface area (Å²) in [5.41, 5.74) is 1.82. The summed E-state index contributed by atoms with van der Waals surface area (Å²) in [5.74, 6) is 1.49. The summed E-state index contributed by atoms with van der Waals surface area (Å²) in [6.07, 6.45) is 4.13. The molecule has 1 aromatic heterocycles. The Hall–Kier alpha value is -1.57. The summed E-state index contributed by atoms with van der Waals surface area (Å²) in [7, 11) is 0. The van der Waals surface area contributed by atoms with Crippen molar-refractivity contribution in [1.82, 2.24) is 15.6 Å². The minimum Gasteiger partial charge on any atom is -0.444 e. The molecule has 0 amide bonds. The van der Waals surface area contributed by atoms with Crippen LogP contribution < -0.4 is 10.6 Å². The molecule has 0 aliphatic heterocycles. The average molecular weight is 412 g/mol. The SMILES string of the molecule is CCNC(=NCc1coc(-c2ccccc2)n1)NC1CC1.I. The predicted molar refractivity (Wildman–Crippen MR) is 98.3 cm³/mol. The number of hydrogen-bond acceptors (Lipinski definition) is 3. The van der Waals surface area contributed by atoms with Crippen LogP contribution in [0.5, 0.6) is 0 Å². The van der Waals surface area contributed by atoms with Crippen LogP contribution in [0.2, 0.25) is 0 Å². The second-order valence-corrected chi connectivity index (χ2v) is 5.12. The van der Waals surface area contributed by atoms with Gasteiger partial charge in [0.15, 0.2) is 5.96 Å². The van der Waals surface area contributed by atoms with Crippen LogP contribution in [0, 0.1) is 0 Å². The molecular weight excluding hydrogens is 391 g/mol. The lowest BCUT2D eigenvalue weighted by Gasteiger charge is -2.09. The third kappa shape index (κ3) is 4.72. The van der Waals surface area contributed by atoms with Gasteiger partial charge in [-0.3, -0.25) is 0 Å². The molecule has 3 rings (SSSR count). The van der Waals surface area contributed by atoms with Crippen molar-refractivity contribution in [3.05, 3.63) is 42.3 Å². The lowest BCUT2D eigenvalue weighted by Crippen LogP contribution is -2.38. The number of guanidine groups is 1. The maximum Gasteiger partial charge on any atom is 0.226 e. The zero-order chi connectivity index (χ0) is 14.5. The summed E-state index contributed by atoms with van der Waals surface area (Å²) in [6, 6.07) is 10.5. The fourth-order valence-corrected chi connectivity index (χ4v) is 1.99. The second kappa shape index (κ2) is 8.17. The van der Waals surface area contributed by atoms with Gasteiger partial charge in [-0.15, -0.1) is 24.0 Å². The third-order valence-corrected chi connectivity index (χ3v) is 3.23. The van der Waals surface area contributed by atoms with Crippen molar-refractivity contribution in [2.24, 2.45) is 4.99 Å². The van der Waals surface area contributed by atoms with E-state index in [1.54, 1.807) is 6.26 Å². The molecule has 0 saturated heterocycles. The van der Waals surface area contributed by atoms with Crippen molar-refractivity contribution in [3.63, 3.8) is 0 Å². The van der Waals surface area contributed by atoms with E-state index in [0.29, 0.717) is 18.5 Å². The van der Waals surface area contributed by atoms with Gasteiger partial charge < -0.3 is 15.1 Å². The molecule has 0 spiro atoms. The Bertz CT molecular complexity index is 608. The third-order valence-electron chi connectivity index (χ3n) is 3.23. The zero-order valence-electron chi connectivity index (χ0n) is 12.6. The Balaban J connectivity index is 0.00000176. The van der Waals surface area contributed by atoms with E-state index in [0.717, 1.165) is 23.8 Å². The van der Waals surface area contributed by atoms with Gasteiger partial charge >= 0.3 is 0 Å². The molecule has 2 N–H and O–H groups in total. The Morgan fingerprint density at radius 3 is 2.77 bits per heavy atom. The summed E-state index contributed by atoms with van der Waals surface area (Å²) in [6.45, 7) is 3.43. The van der Waals surface area contributed by atoms with Crippen LogP contribution in [0.15, 0.2) is 46.0 Å². The number of aromatic nitrogens is 1. The molecule has 22 heavy (non-hydrogen) atoms. The van der Waals surface area contributed by atoms with Crippen LogP contribution >= 0.6 is 24.0 Å². The fourth-order valence-electron chi connectivity index (χ4n) is 1.99. The van der Waals surface area contributed by atoms with E-state index >= 15 is 0 Å². The zero-order valence-corrected chi connectivity index (χ0v) is 14.9. The first-order chi connectivity index (χ1) is 10.3. The van der Waals surface area contributed by atoms with Gasteiger partial charge in [0, 0.05) is 18.2 Å². The monoisotopic (exact) mass is 412 g/mol. The van der Waals surface area contributed by atoms with E-state index in [-0.39, 0.29) is 24.0 Å². The summed E-state index contributed by atoms with van der Waals surface area (Å²) in [5, 5.41) is 6.62. The number of hydrogen-bond donors (Lipinski definition) is 2. The minimum absolute atomic E-state index is 0. The standard InChI is InChI=1S/C16H20N4O.HI/c1-2-17-16(20-13-8-9-13)18-10-14-11-21-15(19-14)12-6-4-3-5-7-12;/h3-7,11,13H,2,8-10H2,1H3,(H2,17,18,20);1H. The fraction of sp³-hybridized carbons (Fsp3) is 0.375. The van der Waals surface area contributed by atoms with Crippen LogP contribution in [0.4, 0.5) is 0 Å². The maximum atomic E-state index is 5.52. The Morgan fingerprint density at radius 2 is 2.09 bits per heavy atom. The molecule has 0 bridgehead atoms. The summed E-state index contributed by atoms with van der Waals surface area (Å²) >= 11 is 0. The Kier molecular flexibility index (Phi) is 6.23. The van der Waals surface area contributed by atoms with Gasteiger partial charge in [-0.05, 0) is 31.9 Å². The largest absolute Gasteiger partial charge is 0.444 e. The van der Waals surface area contributed by atoms with Crippen molar-refractivity contribution >= 4 is 29.9 Å². The molecule has 0 radical (unpaired) electrons. The molecular formula is C16H21IN4O. The molecule has 0 atom stereocenters. The molecule has 1 aliphatic rings. The number of benzene rings is 1. The van der Waals surface area contributed by atoms with Gasteiger partial charge in [-0.1, -0.05) is 18.2 Å². The lowest BCUT2D eigenvalue weighted by atomic mass is 10.2. The molecule has 5 nitrogen and oxygen atoms in total. The van der Waals surface area contributed by atoms with Crippen molar-refractivity contribution in [2.75, 3.05) is 6.54 Å². The molecule has 1 saturated carbocycles. The normalized spacial score (nSPS) is 14.3. The first-order valence-electron chi connectivity index (χ1n) is 7.40. The molecule has 1 heterocycles. The molecule has 1 aromatic carbocycles. The van der Waals surface area contributed by atoms with Gasteiger partial charge in [-0.25, -0.2) is 9.98 Å². The van der Waals surface area contributed by atoms with E-state index < -0.39 is 0 Å². The number of oxazole rings is 1. The quantitative estimate of drug-likeness (QED) is 0.450. The molecule has 6 heteroatoms. The highest BCUT2D eigenvalue weighted by Gasteiger charge is 2.22. The summed E-state index contributed by atoms with van der Waals surface area (Å²) in [4.78, 5) is 9.02. The number of nitrogens with zero attached hydrogens (tertiary/aromatic N) is 2. The first-order valence-corrected chi connectivity index (χ1v) is 7.40. The highest BCUT2D eigenvalue weighted by atomic mass is 127. The van der Waals surface area contributed by atoms with E-state index in [2.05, 4.69) is 27.5 Å². The number of nitrogens with one attached hydrogen (secondary N) is 2. The molecule has 1 fully saturated rings. The van der Waals surface area contributed by atoms with Crippen molar-refractivity contribution < 1.29 is 4.42 Å². The minimum atomic E-state index is 0. The Labute approximate surface area is 147 Å². The number of aliphatic imine (C=N–C) groups is 1. The van der Waals surface area contributed by atoms with Crippen LogP contribution in [0.3, 0.4) is 0 Å². The average Bonchev–Trinajstić information content (AvgIpc) is 3.20. The smallest absolute Gasteiger partial charge is 0.226 e. The highest BCUT2D eigenvalue weighted by molar-refractivity contribution is 14.0. The maximum absolute atomic E-state index is 5.52. The van der Waals surface area contributed by atoms with Crippen molar-refractivity contribution in [3.8, 4) is 11.5 Å². The van der Waals surface area contributed by atoms with Gasteiger partial charge in [0.05, 0.1) is 6.54 Å². The first kappa shape index (κ1) is 16.8. The van der Waals surface area contributed by atoms with Gasteiger partial charge in [0.1, 0.15) is 12.0 Å².